The van der Waals surface area contributed by atoms with Crippen LogP contribution in [-0.2, 0) is 4.79 Å². The van der Waals surface area contributed by atoms with Crippen molar-refractivity contribution in [3.05, 3.63) is 64.1 Å². The van der Waals surface area contributed by atoms with Crippen molar-refractivity contribution in [3.8, 4) is 11.5 Å². The van der Waals surface area contributed by atoms with E-state index in [1.54, 1.807) is 7.11 Å². The minimum Gasteiger partial charge on any atom is -0.492 e. The predicted molar refractivity (Wildman–Crippen MR) is 111 cm³/mol. The molecule has 5 heteroatoms. The van der Waals surface area contributed by atoms with E-state index in [1.807, 2.05) is 37.3 Å². The highest BCUT2D eigenvalue weighted by Crippen LogP contribution is 2.45. The van der Waals surface area contributed by atoms with Crippen molar-refractivity contribution in [2.75, 3.05) is 19.0 Å². The number of hydrogen-bond donors (Lipinski definition) is 1. The number of ether oxygens (including phenoxy) is 2. The van der Waals surface area contributed by atoms with Crippen LogP contribution in [0.3, 0.4) is 0 Å². The number of benzene rings is 3. The van der Waals surface area contributed by atoms with Gasteiger partial charge >= 0.3 is 0 Å². The Balaban J connectivity index is 1.89. The number of anilines is 1. The van der Waals surface area contributed by atoms with Crippen molar-refractivity contribution in [2.24, 2.45) is 0 Å². The van der Waals surface area contributed by atoms with E-state index >= 15 is 0 Å². The molecule has 1 atom stereocenters. The number of rotatable bonds is 4. The Morgan fingerprint density at radius 2 is 2.00 bits per heavy atom. The van der Waals surface area contributed by atoms with Gasteiger partial charge in [-0.3, -0.25) is 4.79 Å². The highest BCUT2D eigenvalue weighted by atomic mass is 79.9. The third-order valence-electron chi connectivity index (χ3n) is 4.93. The van der Waals surface area contributed by atoms with E-state index in [1.165, 1.54) is 0 Å². The highest BCUT2D eigenvalue weighted by Gasteiger charge is 2.29. The second-order valence-corrected chi connectivity index (χ2v) is 7.38. The molecule has 4 nitrogen and oxygen atoms in total. The first kappa shape index (κ1) is 17.9. The molecule has 1 amide bonds. The fourth-order valence-electron chi connectivity index (χ4n) is 3.75. The lowest BCUT2D eigenvalue weighted by molar-refractivity contribution is -0.116. The maximum absolute atomic E-state index is 12.5. The normalized spacial score (nSPS) is 16.0. The Hall–Kier alpha value is -2.53. The van der Waals surface area contributed by atoms with E-state index < -0.39 is 0 Å². The first-order chi connectivity index (χ1) is 13.1. The van der Waals surface area contributed by atoms with Crippen LogP contribution in [0.15, 0.2) is 53.0 Å². The number of fused-ring (bicyclic) bond motifs is 3. The van der Waals surface area contributed by atoms with Gasteiger partial charge < -0.3 is 14.8 Å². The zero-order chi connectivity index (χ0) is 19.0. The number of methoxy groups -OCH3 is 1. The summed E-state index contributed by atoms with van der Waals surface area (Å²) in [5.74, 6) is 1.32. The molecule has 0 aliphatic carbocycles. The molecule has 1 aliphatic heterocycles. The SMILES string of the molecule is CCOc1cc([C@H]2CC(=O)Nc3c2ccc2ccccc32)cc(Br)c1OC. The lowest BCUT2D eigenvalue weighted by Crippen LogP contribution is -2.23. The van der Waals surface area contributed by atoms with Crippen LogP contribution in [0.1, 0.15) is 30.4 Å². The number of nitrogens with one attached hydrogen (secondary N) is 1. The molecule has 0 unspecified atom stereocenters. The standard InChI is InChI=1S/C22H20BrNO3/c1-3-27-19-11-14(10-18(23)22(19)26-2)17-12-20(25)24-21-15-7-5-4-6-13(15)8-9-16(17)21/h4-11,17H,3,12H2,1-2H3,(H,24,25)/t17-/m1/s1. The molecule has 27 heavy (non-hydrogen) atoms. The van der Waals surface area contributed by atoms with E-state index in [9.17, 15) is 4.79 Å². The Bertz CT molecular complexity index is 1030. The third-order valence-corrected chi connectivity index (χ3v) is 5.52. The Morgan fingerprint density at radius 1 is 1.19 bits per heavy atom. The zero-order valence-corrected chi connectivity index (χ0v) is 16.8. The molecule has 4 rings (SSSR count). The van der Waals surface area contributed by atoms with Crippen molar-refractivity contribution >= 4 is 38.3 Å². The molecular weight excluding hydrogens is 406 g/mol. The van der Waals surface area contributed by atoms with Crippen molar-refractivity contribution in [2.45, 2.75) is 19.3 Å². The van der Waals surface area contributed by atoms with Crippen LogP contribution in [0.25, 0.3) is 10.8 Å². The number of carbonyl (C=O) groups excluding carboxylic acids is 1. The summed E-state index contributed by atoms with van der Waals surface area (Å²) in [5, 5.41) is 5.25. The van der Waals surface area contributed by atoms with E-state index in [4.69, 9.17) is 9.47 Å². The largest absolute Gasteiger partial charge is 0.492 e. The summed E-state index contributed by atoms with van der Waals surface area (Å²) in [6, 6.07) is 16.3. The van der Waals surface area contributed by atoms with Gasteiger partial charge in [-0.05, 0) is 51.5 Å². The topological polar surface area (TPSA) is 47.6 Å². The summed E-state index contributed by atoms with van der Waals surface area (Å²) in [6.45, 7) is 2.48. The molecule has 0 saturated heterocycles. The van der Waals surface area contributed by atoms with E-state index in [-0.39, 0.29) is 11.8 Å². The second-order valence-electron chi connectivity index (χ2n) is 6.52. The molecule has 1 heterocycles. The van der Waals surface area contributed by atoms with Gasteiger partial charge in [-0.25, -0.2) is 0 Å². The van der Waals surface area contributed by atoms with Gasteiger partial charge in [-0.1, -0.05) is 36.4 Å². The molecule has 1 aliphatic rings. The Morgan fingerprint density at radius 3 is 2.78 bits per heavy atom. The minimum atomic E-state index is -0.0419. The van der Waals surface area contributed by atoms with Crippen molar-refractivity contribution in [1.82, 2.24) is 0 Å². The summed E-state index contributed by atoms with van der Waals surface area (Å²) in [5.41, 5.74) is 3.05. The van der Waals surface area contributed by atoms with Gasteiger partial charge in [0, 0.05) is 17.7 Å². The number of halogens is 1. The summed E-state index contributed by atoms with van der Waals surface area (Å²) in [6.07, 6.45) is 0.398. The average Bonchev–Trinajstić information content (AvgIpc) is 2.67. The van der Waals surface area contributed by atoms with Crippen molar-refractivity contribution in [1.29, 1.82) is 0 Å². The van der Waals surface area contributed by atoms with Gasteiger partial charge in [-0.15, -0.1) is 0 Å². The number of carbonyl (C=O) groups is 1. The summed E-state index contributed by atoms with van der Waals surface area (Å²) in [4.78, 5) is 12.5. The quantitative estimate of drug-likeness (QED) is 0.601. The molecule has 3 aromatic carbocycles. The zero-order valence-electron chi connectivity index (χ0n) is 15.2. The monoisotopic (exact) mass is 425 g/mol. The number of hydrogen-bond acceptors (Lipinski definition) is 3. The van der Waals surface area contributed by atoms with Gasteiger partial charge in [0.2, 0.25) is 5.91 Å². The second kappa shape index (κ2) is 7.24. The van der Waals surface area contributed by atoms with Crippen LogP contribution in [0, 0.1) is 0 Å². The van der Waals surface area contributed by atoms with E-state index in [0.29, 0.717) is 24.5 Å². The van der Waals surface area contributed by atoms with Crippen LogP contribution in [-0.4, -0.2) is 19.6 Å². The molecule has 138 valence electrons. The van der Waals surface area contributed by atoms with Gasteiger partial charge in [-0.2, -0.15) is 0 Å². The fraction of sp³-hybridized carbons (Fsp3) is 0.227. The Kier molecular flexibility index (Phi) is 4.79. The van der Waals surface area contributed by atoms with Gasteiger partial charge in [0.15, 0.2) is 11.5 Å². The lowest BCUT2D eigenvalue weighted by atomic mass is 9.83. The van der Waals surface area contributed by atoms with Gasteiger partial charge in [0.1, 0.15) is 0 Å². The maximum atomic E-state index is 12.5. The molecular formula is C22H20BrNO3. The average molecular weight is 426 g/mol. The van der Waals surface area contributed by atoms with Crippen LogP contribution in [0.2, 0.25) is 0 Å². The van der Waals surface area contributed by atoms with Crippen LogP contribution in [0.5, 0.6) is 11.5 Å². The first-order valence-corrected chi connectivity index (χ1v) is 9.73. The molecule has 0 bridgehead atoms. The summed E-state index contributed by atoms with van der Waals surface area (Å²) in [7, 11) is 1.62. The molecule has 0 aromatic heterocycles. The molecule has 0 fully saturated rings. The molecule has 3 aromatic rings. The minimum absolute atomic E-state index is 0.0220. The molecule has 0 radical (unpaired) electrons. The van der Waals surface area contributed by atoms with E-state index in [2.05, 4.69) is 39.4 Å². The van der Waals surface area contributed by atoms with Crippen molar-refractivity contribution < 1.29 is 14.3 Å². The van der Waals surface area contributed by atoms with Crippen LogP contribution >= 0.6 is 15.9 Å². The summed E-state index contributed by atoms with van der Waals surface area (Å²) >= 11 is 3.58. The van der Waals surface area contributed by atoms with E-state index in [0.717, 1.165) is 32.1 Å². The van der Waals surface area contributed by atoms with Crippen LogP contribution in [0.4, 0.5) is 5.69 Å². The first-order valence-electron chi connectivity index (χ1n) is 8.94. The number of amides is 1. The highest BCUT2D eigenvalue weighted by molar-refractivity contribution is 9.10. The smallest absolute Gasteiger partial charge is 0.225 e. The molecule has 1 N–H and O–H groups in total. The van der Waals surface area contributed by atoms with Gasteiger partial charge in [0.25, 0.3) is 0 Å². The lowest BCUT2D eigenvalue weighted by Gasteiger charge is -2.28. The third kappa shape index (κ3) is 3.16. The van der Waals surface area contributed by atoms with Crippen molar-refractivity contribution in [3.63, 3.8) is 0 Å². The molecule has 0 saturated carbocycles. The maximum Gasteiger partial charge on any atom is 0.225 e. The molecule has 0 spiro atoms. The predicted octanol–water partition coefficient (Wildman–Crippen LogP) is 5.48. The summed E-state index contributed by atoms with van der Waals surface area (Å²) < 4.78 is 12.1. The Labute approximate surface area is 166 Å². The van der Waals surface area contributed by atoms with Crippen LogP contribution < -0.4 is 14.8 Å². The van der Waals surface area contributed by atoms with Gasteiger partial charge in [0.05, 0.1) is 23.9 Å². The fourth-order valence-corrected chi connectivity index (χ4v) is 4.37.